The summed E-state index contributed by atoms with van der Waals surface area (Å²) in [6.45, 7) is 2.68. The summed E-state index contributed by atoms with van der Waals surface area (Å²) in [5.41, 5.74) is 7.39. The predicted octanol–water partition coefficient (Wildman–Crippen LogP) is 1.50. The lowest BCUT2D eigenvalue weighted by molar-refractivity contribution is 0.0600. The zero-order valence-electron chi connectivity index (χ0n) is 15.2. The number of rotatable bonds is 6. The van der Waals surface area contributed by atoms with Crippen molar-refractivity contribution in [2.24, 2.45) is 0 Å². The van der Waals surface area contributed by atoms with Crippen LogP contribution in [0.25, 0.3) is 0 Å². The van der Waals surface area contributed by atoms with Crippen LogP contribution < -0.4 is 10.6 Å². The highest BCUT2D eigenvalue weighted by atomic mass is 16.5. The summed E-state index contributed by atoms with van der Waals surface area (Å²) in [6, 6.07) is 7.27. The molecule has 0 bridgehead atoms. The molecule has 0 aliphatic heterocycles. The summed E-state index contributed by atoms with van der Waals surface area (Å²) < 4.78 is 4.71. The fourth-order valence-electron chi connectivity index (χ4n) is 2.27. The molecular weight excluding hydrogens is 320 g/mol. The first-order chi connectivity index (χ1) is 11.8. The molecule has 1 heterocycles. The number of nitrogens with zero attached hydrogens (tertiary/aromatic N) is 5. The highest BCUT2D eigenvalue weighted by Crippen LogP contribution is 2.20. The van der Waals surface area contributed by atoms with Gasteiger partial charge in [-0.2, -0.15) is 15.0 Å². The Bertz CT molecular complexity index is 732. The summed E-state index contributed by atoms with van der Waals surface area (Å²) in [4.78, 5) is 28.2. The molecule has 1 aromatic carbocycles. The van der Waals surface area contributed by atoms with Gasteiger partial charge in [0.15, 0.2) is 5.82 Å². The molecule has 8 nitrogen and oxygen atoms in total. The fourth-order valence-corrected chi connectivity index (χ4v) is 2.27. The van der Waals surface area contributed by atoms with Crippen LogP contribution in [0.2, 0.25) is 0 Å². The lowest BCUT2D eigenvalue weighted by Crippen LogP contribution is -2.25. The van der Waals surface area contributed by atoms with Crippen LogP contribution >= 0.6 is 0 Å². The lowest BCUT2D eigenvalue weighted by atomic mass is 10.1. The second-order valence-corrected chi connectivity index (χ2v) is 6.03. The lowest BCUT2D eigenvalue weighted by Gasteiger charge is -2.24. The van der Waals surface area contributed by atoms with Crippen molar-refractivity contribution in [3.63, 3.8) is 0 Å². The molecule has 0 radical (unpaired) electrons. The molecule has 134 valence electrons. The molecule has 0 saturated carbocycles. The molecule has 0 saturated heterocycles. The van der Waals surface area contributed by atoms with Crippen molar-refractivity contribution in [2.75, 3.05) is 38.9 Å². The van der Waals surface area contributed by atoms with E-state index in [4.69, 9.17) is 10.5 Å². The average molecular weight is 344 g/mol. The van der Waals surface area contributed by atoms with E-state index >= 15 is 0 Å². The summed E-state index contributed by atoms with van der Waals surface area (Å²) in [6.07, 6.45) is 0. The highest BCUT2D eigenvalue weighted by molar-refractivity contribution is 5.89. The average Bonchev–Trinajstić information content (AvgIpc) is 2.60. The van der Waals surface area contributed by atoms with Gasteiger partial charge in [-0.1, -0.05) is 12.1 Å². The van der Waals surface area contributed by atoms with Crippen molar-refractivity contribution < 1.29 is 9.53 Å². The molecular formula is C17H24N6O2. The number of aromatic nitrogens is 3. The van der Waals surface area contributed by atoms with Gasteiger partial charge in [0.25, 0.3) is 0 Å². The zero-order valence-corrected chi connectivity index (χ0v) is 15.2. The maximum atomic E-state index is 11.5. The van der Waals surface area contributed by atoms with Gasteiger partial charge < -0.3 is 15.4 Å². The van der Waals surface area contributed by atoms with Gasteiger partial charge in [0.2, 0.25) is 11.9 Å². The molecule has 0 spiro atoms. The van der Waals surface area contributed by atoms with Crippen molar-refractivity contribution in [1.82, 2.24) is 19.9 Å². The highest BCUT2D eigenvalue weighted by Gasteiger charge is 2.18. The number of carbonyl (C=O) groups is 1. The number of nitrogen functional groups attached to an aromatic ring is 1. The van der Waals surface area contributed by atoms with Crippen molar-refractivity contribution in [2.45, 2.75) is 19.5 Å². The van der Waals surface area contributed by atoms with Crippen molar-refractivity contribution in [3.05, 3.63) is 41.2 Å². The molecule has 0 aliphatic rings. The first-order valence-corrected chi connectivity index (χ1v) is 7.88. The van der Waals surface area contributed by atoms with E-state index in [1.165, 1.54) is 7.11 Å². The van der Waals surface area contributed by atoms with Crippen LogP contribution in [0.15, 0.2) is 24.3 Å². The van der Waals surface area contributed by atoms with Crippen molar-refractivity contribution in [1.29, 1.82) is 0 Å². The predicted molar refractivity (Wildman–Crippen MR) is 96.2 cm³/mol. The van der Waals surface area contributed by atoms with Gasteiger partial charge in [-0.3, -0.25) is 4.90 Å². The fraction of sp³-hybridized carbons (Fsp3) is 0.412. The molecule has 2 rings (SSSR count). The van der Waals surface area contributed by atoms with Crippen LogP contribution in [0, 0.1) is 0 Å². The number of hydrogen-bond acceptors (Lipinski definition) is 8. The van der Waals surface area contributed by atoms with Crippen LogP contribution in [-0.4, -0.2) is 54.1 Å². The van der Waals surface area contributed by atoms with E-state index in [0.29, 0.717) is 23.9 Å². The van der Waals surface area contributed by atoms with Gasteiger partial charge in [0, 0.05) is 20.6 Å². The Balaban J connectivity index is 2.12. The van der Waals surface area contributed by atoms with E-state index in [2.05, 4.69) is 19.9 Å². The number of methoxy groups -OCH3 is 1. The van der Waals surface area contributed by atoms with Crippen LogP contribution in [0.3, 0.4) is 0 Å². The third kappa shape index (κ3) is 4.63. The van der Waals surface area contributed by atoms with E-state index in [-0.39, 0.29) is 18.0 Å². The first kappa shape index (κ1) is 18.6. The van der Waals surface area contributed by atoms with Crippen LogP contribution in [-0.2, 0) is 11.3 Å². The number of benzene rings is 1. The van der Waals surface area contributed by atoms with Gasteiger partial charge in [0.05, 0.1) is 18.7 Å². The minimum atomic E-state index is -0.342. The summed E-state index contributed by atoms with van der Waals surface area (Å²) in [7, 11) is 7.06. The first-order valence-electron chi connectivity index (χ1n) is 7.88. The number of carbonyl (C=O) groups excluding carboxylic acids is 1. The van der Waals surface area contributed by atoms with Gasteiger partial charge in [-0.25, -0.2) is 4.79 Å². The molecule has 2 N–H and O–H groups in total. The largest absolute Gasteiger partial charge is 0.465 e. The Labute approximate surface area is 147 Å². The summed E-state index contributed by atoms with van der Waals surface area (Å²) in [5, 5.41) is 0. The number of ether oxygens (including phenoxy) is 1. The van der Waals surface area contributed by atoms with Gasteiger partial charge in [-0.05, 0) is 31.7 Å². The Morgan fingerprint density at radius 1 is 1.16 bits per heavy atom. The van der Waals surface area contributed by atoms with Gasteiger partial charge in [-0.15, -0.1) is 0 Å². The van der Waals surface area contributed by atoms with E-state index in [0.717, 1.165) is 5.56 Å². The maximum absolute atomic E-state index is 11.5. The molecule has 0 amide bonds. The topological polar surface area (TPSA) is 97.5 Å². The summed E-state index contributed by atoms with van der Waals surface area (Å²) >= 11 is 0. The Hall–Kier alpha value is -2.74. The molecule has 0 aliphatic carbocycles. The third-order valence-electron chi connectivity index (χ3n) is 3.90. The second-order valence-electron chi connectivity index (χ2n) is 6.03. The van der Waals surface area contributed by atoms with Crippen LogP contribution in [0.5, 0.6) is 0 Å². The molecule has 1 aromatic heterocycles. The smallest absolute Gasteiger partial charge is 0.337 e. The summed E-state index contributed by atoms with van der Waals surface area (Å²) in [5.74, 6) is 1.01. The van der Waals surface area contributed by atoms with Crippen LogP contribution in [0.1, 0.15) is 34.7 Å². The SMILES string of the molecule is COC(=O)c1ccc(CN(C)[C@H](C)c2nc(N)nc(N(C)C)n2)cc1. The Kier molecular flexibility index (Phi) is 5.87. The van der Waals surface area contributed by atoms with E-state index in [9.17, 15) is 4.79 Å². The Morgan fingerprint density at radius 3 is 2.36 bits per heavy atom. The van der Waals surface area contributed by atoms with E-state index < -0.39 is 0 Å². The monoisotopic (exact) mass is 344 g/mol. The quantitative estimate of drug-likeness (QED) is 0.787. The number of esters is 1. The minimum absolute atomic E-state index is 0.0516. The number of nitrogens with two attached hydrogens (primary N) is 1. The Morgan fingerprint density at radius 2 is 1.80 bits per heavy atom. The van der Waals surface area contributed by atoms with Gasteiger partial charge in [0.1, 0.15) is 0 Å². The van der Waals surface area contributed by atoms with E-state index in [1.807, 2.05) is 40.2 Å². The van der Waals surface area contributed by atoms with Crippen molar-refractivity contribution in [3.8, 4) is 0 Å². The van der Waals surface area contributed by atoms with Crippen LogP contribution in [0.4, 0.5) is 11.9 Å². The molecule has 2 aromatic rings. The molecule has 0 fully saturated rings. The zero-order chi connectivity index (χ0) is 18.6. The van der Waals surface area contributed by atoms with E-state index in [1.54, 1.807) is 17.0 Å². The third-order valence-corrected chi connectivity index (χ3v) is 3.90. The molecule has 25 heavy (non-hydrogen) atoms. The standard InChI is InChI=1S/C17H24N6O2/c1-11(14-19-16(18)21-17(20-14)22(2)3)23(4)10-12-6-8-13(9-7-12)15(24)25-5/h6-9,11H,10H2,1-5H3,(H2,18,19,20,21)/t11-/m1/s1. The van der Waals surface area contributed by atoms with Crippen molar-refractivity contribution >= 4 is 17.9 Å². The maximum Gasteiger partial charge on any atom is 0.337 e. The number of anilines is 2. The number of hydrogen-bond donors (Lipinski definition) is 1. The normalized spacial score (nSPS) is 12.1. The second kappa shape index (κ2) is 7.89. The van der Waals surface area contributed by atoms with Gasteiger partial charge >= 0.3 is 5.97 Å². The minimum Gasteiger partial charge on any atom is -0.465 e. The molecule has 1 atom stereocenters. The molecule has 8 heteroatoms. The molecule has 0 unspecified atom stereocenters.